The Morgan fingerprint density at radius 1 is 1.45 bits per heavy atom. The first-order valence-electron chi connectivity index (χ1n) is 7.31. The Balaban J connectivity index is 1.56. The number of thioether (sulfide) groups is 1. The molecule has 20 heavy (non-hydrogen) atoms. The molecule has 0 spiro atoms. The van der Waals surface area contributed by atoms with Crippen molar-refractivity contribution in [1.82, 2.24) is 4.90 Å². The fourth-order valence-electron chi connectivity index (χ4n) is 3.22. The van der Waals surface area contributed by atoms with Crippen molar-refractivity contribution < 1.29 is 9.53 Å². The van der Waals surface area contributed by atoms with E-state index in [-0.39, 0.29) is 11.9 Å². The molecule has 1 unspecified atom stereocenters. The van der Waals surface area contributed by atoms with Gasteiger partial charge in [0.25, 0.3) is 0 Å². The maximum atomic E-state index is 11.7. The molecule has 0 aromatic heterocycles. The topological polar surface area (TPSA) is 29.5 Å². The molecule has 0 aliphatic carbocycles. The summed E-state index contributed by atoms with van der Waals surface area (Å²) >= 11 is 1.99. The third-order valence-electron chi connectivity index (χ3n) is 4.22. The predicted octanol–water partition coefficient (Wildman–Crippen LogP) is 2.59. The minimum atomic E-state index is -0.0444. The molecule has 3 rings (SSSR count). The van der Waals surface area contributed by atoms with Crippen molar-refractivity contribution in [3.63, 3.8) is 0 Å². The number of hydrogen-bond donors (Lipinski definition) is 0. The van der Waals surface area contributed by atoms with E-state index in [1.165, 1.54) is 17.6 Å². The molecule has 0 N–H and O–H groups in total. The van der Waals surface area contributed by atoms with Crippen LogP contribution in [0.4, 0.5) is 0 Å². The van der Waals surface area contributed by atoms with Gasteiger partial charge >= 0.3 is 5.97 Å². The SMILES string of the molecule is COC(=O)[C@H]1CCCN(CC2Cc3ccccc3S2)C1. The molecule has 0 radical (unpaired) electrons. The van der Waals surface area contributed by atoms with Gasteiger partial charge in [-0.1, -0.05) is 18.2 Å². The lowest BCUT2D eigenvalue weighted by molar-refractivity contribution is -0.147. The van der Waals surface area contributed by atoms with Crippen LogP contribution in [0, 0.1) is 5.92 Å². The Labute approximate surface area is 124 Å². The van der Waals surface area contributed by atoms with Crippen molar-refractivity contribution >= 4 is 17.7 Å². The molecule has 4 heteroatoms. The molecule has 3 nitrogen and oxygen atoms in total. The molecule has 1 aromatic rings. The summed E-state index contributed by atoms with van der Waals surface area (Å²) in [4.78, 5) is 15.5. The third kappa shape index (κ3) is 3.01. The molecule has 2 aliphatic heterocycles. The fourth-order valence-corrected chi connectivity index (χ4v) is 4.59. The number of fused-ring (bicyclic) bond motifs is 1. The molecule has 1 fully saturated rings. The number of ether oxygens (including phenoxy) is 1. The quantitative estimate of drug-likeness (QED) is 0.801. The van der Waals surface area contributed by atoms with Gasteiger partial charge in [0, 0.05) is 23.2 Å². The number of carbonyl (C=O) groups excluding carboxylic acids is 1. The molecule has 1 aromatic carbocycles. The van der Waals surface area contributed by atoms with Crippen LogP contribution in [-0.4, -0.2) is 42.9 Å². The lowest BCUT2D eigenvalue weighted by Crippen LogP contribution is -2.42. The first-order valence-corrected chi connectivity index (χ1v) is 8.19. The number of piperidine rings is 1. The van der Waals surface area contributed by atoms with Crippen LogP contribution in [0.2, 0.25) is 0 Å². The summed E-state index contributed by atoms with van der Waals surface area (Å²) in [6.45, 7) is 3.05. The summed E-state index contributed by atoms with van der Waals surface area (Å²) in [5, 5.41) is 0.629. The largest absolute Gasteiger partial charge is 0.469 e. The second-order valence-electron chi connectivity index (χ2n) is 5.67. The van der Waals surface area contributed by atoms with E-state index in [1.54, 1.807) is 0 Å². The van der Waals surface area contributed by atoms with Crippen molar-refractivity contribution in [3.8, 4) is 0 Å². The average Bonchev–Trinajstić information content (AvgIpc) is 2.88. The van der Waals surface area contributed by atoms with E-state index in [0.29, 0.717) is 5.25 Å². The Bertz CT molecular complexity index is 466. The van der Waals surface area contributed by atoms with Crippen LogP contribution in [0.3, 0.4) is 0 Å². The Hall–Kier alpha value is -1.00. The minimum Gasteiger partial charge on any atom is -0.469 e. The van der Waals surface area contributed by atoms with Crippen molar-refractivity contribution in [2.24, 2.45) is 5.92 Å². The highest BCUT2D eigenvalue weighted by atomic mass is 32.2. The number of hydrogen-bond acceptors (Lipinski definition) is 4. The molecule has 0 bridgehead atoms. The van der Waals surface area contributed by atoms with Crippen LogP contribution in [0.1, 0.15) is 18.4 Å². The standard InChI is InChI=1S/C16H21NO2S/c1-19-16(18)13-6-4-8-17(10-13)11-14-9-12-5-2-3-7-15(12)20-14/h2-3,5,7,13-14H,4,6,8-11H2,1H3/t13-,14?/m0/s1. The van der Waals surface area contributed by atoms with Gasteiger partial charge in [0.2, 0.25) is 0 Å². The third-order valence-corrected chi connectivity index (χ3v) is 5.52. The number of benzene rings is 1. The monoisotopic (exact) mass is 291 g/mol. The zero-order valence-electron chi connectivity index (χ0n) is 11.9. The first kappa shape index (κ1) is 14.0. The lowest BCUT2D eigenvalue weighted by Gasteiger charge is -2.32. The number of carbonyl (C=O) groups is 1. The van der Waals surface area contributed by atoms with Crippen molar-refractivity contribution in [2.75, 3.05) is 26.7 Å². The molecule has 0 saturated carbocycles. The molecular weight excluding hydrogens is 270 g/mol. The number of esters is 1. The first-order chi connectivity index (χ1) is 9.76. The molecule has 2 heterocycles. The highest BCUT2D eigenvalue weighted by molar-refractivity contribution is 8.00. The zero-order chi connectivity index (χ0) is 13.9. The number of likely N-dealkylation sites (tertiary alicyclic amines) is 1. The maximum Gasteiger partial charge on any atom is 0.309 e. The zero-order valence-corrected chi connectivity index (χ0v) is 12.7. The summed E-state index contributed by atoms with van der Waals surface area (Å²) in [6.07, 6.45) is 3.23. The van der Waals surface area contributed by atoms with Crippen molar-refractivity contribution in [3.05, 3.63) is 29.8 Å². The summed E-state index contributed by atoms with van der Waals surface area (Å²) in [6, 6.07) is 8.68. The number of rotatable bonds is 3. The van der Waals surface area contributed by atoms with Crippen LogP contribution in [-0.2, 0) is 16.0 Å². The van der Waals surface area contributed by atoms with Crippen molar-refractivity contribution in [1.29, 1.82) is 0 Å². The van der Waals surface area contributed by atoms with E-state index in [4.69, 9.17) is 4.74 Å². The second kappa shape index (κ2) is 6.19. The highest BCUT2D eigenvalue weighted by Crippen LogP contribution is 2.37. The fraction of sp³-hybridized carbons (Fsp3) is 0.562. The lowest BCUT2D eigenvalue weighted by atomic mass is 9.98. The second-order valence-corrected chi connectivity index (χ2v) is 7.02. The van der Waals surface area contributed by atoms with E-state index in [0.717, 1.165) is 38.9 Å². The van der Waals surface area contributed by atoms with Gasteiger partial charge in [-0.25, -0.2) is 0 Å². The Kier molecular flexibility index (Phi) is 4.32. The summed E-state index contributed by atoms with van der Waals surface area (Å²) in [5.41, 5.74) is 1.48. The van der Waals surface area contributed by atoms with Crippen LogP contribution >= 0.6 is 11.8 Å². The van der Waals surface area contributed by atoms with Crippen molar-refractivity contribution in [2.45, 2.75) is 29.4 Å². The summed E-state index contributed by atoms with van der Waals surface area (Å²) in [5.74, 6) is 0.0274. The molecule has 1 saturated heterocycles. The Morgan fingerprint density at radius 2 is 2.30 bits per heavy atom. The van der Waals surface area contributed by atoms with Gasteiger partial charge in [-0.15, -0.1) is 11.8 Å². The van der Waals surface area contributed by atoms with Gasteiger partial charge in [-0.05, 0) is 37.4 Å². The van der Waals surface area contributed by atoms with Gasteiger partial charge in [-0.3, -0.25) is 4.79 Å². The van der Waals surface area contributed by atoms with E-state index >= 15 is 0 Å². The normalized spacial score (nSPS) is 26.2. The van der Waals surface area contributed by atoms with E-state index < -0.39 is 0 Å². The molecule has 108 valence electrons. The summed E-state index contributed by atoms with van der Waals surface area (Å²) < 4.78 is 4.89. The minimum absolute atomic E-state index is 0.0444. The van der Waals surface area contributed by atoms with Gasteiger partial charge in [-0.2, -0.15) is 0 Å². The average molecular weight is 291 g/mol. The van der Waals surface area contributed by atoms with Gasteiger partial charge < -0.3 is 9.64 Å². The van der Waals surface area contributed by atoms with Crippen LogP contribution in [0.15, 0.2) is 29.2 Å². The van der Waals surface area contributed by atoms with Gasteiger partial charge in [0.05, 0.1) is 13.0 Å². The van der Waals surface area contributed by atoms with E-state index in [9.17, 15) is 4.79 Å². The predicted molar refractivity (Wildman–Crippen MR) is 81.0 cm³/mol. The van der Waals surface area contributed by atoms with Crippen LogP contribution in [0.25, 0.3) is 0 Å². The maximum absolute atomic E-state index is 11.7. The van der Waals surface area contributed by atoms with Gasteiger partial charge in [0.15, 0.2) is 0 Å². The van der Waals surface area contributed by atoms with E-state index in [2.05, 4.69) is 29.2 Å². The number of methoxy groups -OCH3 is 1. The Morgan fingerprint density at radius 3 is 3.10 bits per heavy atom. The summed E-state index contributed by atoms with van der Waals surface area (Å²) in [7, 11) is 1.49. The van der Waals surface area contributed by atoms with Gasteiger partial charge in [0.1, 0.15) is 0 Å². The molecular formula is C16H21NO2S. The number of nitrogens with zero attached hydrogens (tertiary/aromatic N) is 1. The highest BCUT2D eigenvalue weighted by Gasteiger charge is 2.29. The smallest absolute Gasteiger partial charge is 0.309 e. The van der Waals surface area contributed by atoms with Crippen LogP contribution in [0.5, 0.6) is 0 Å². The molecule has 2 aliphatic rings. The van der Waals surface area contributed by atoms with E-state index in [1.807, 2.05) is 11.8 Å². The molecule has 0 amide bonds. The van der Waals surface area contributed by atoms with Crippen LogP contribution < -0.4 is 0 Å². The molecule has 2 atom stereocenters.